The van der Waals surface area contributed by atoms with Crippen LogP contribution in [-0.4, -0.2) is 15.1 Å². The lowest BCUT2D eigenvalue weighted by atomic mass is 10.1. The zero-order valence-electron chi connectivity index (χ0n) is 7.39. The summed E-state index contributed by atoms with van der Waals surface area (Å²) in [7, 11) is 0. The van der Waals surface area contributed by atoms with Gasteiger partial charge in [-0.1, -0.05) is 13.3 Å². The average molecular weight is 200 g/mol. The highest BCUT2D eigenvalue weighted by atomic mass is 32.1. The number of H-pyrrole nitrogens is 2. The third-order valence-corrected chi connectivity index (χ3v) is 2.00. The lowest BCUT2D eigenvalue weighted by Crippen LogP contribution is -2.13. The second-order valence-electron chi connectivity index (χ2n) is 2.84. The predicted octanol–water partition coefficient (Wildman–Crippen LogP) is 1.48. The van der Waals surface area contributed by atoms with Crippen LogP contribution in [0.3, 0.4) is 0 Å². The highest BCUT2D eigenvalue weighted by Gasteiger charge is 2.05. The van der Waals surface area contributed by atoms with Crippen molar-refractivity contribution >= 4 is 12.2 Å². The van der Waals surface area contributed by atoms with Gasteiger partial charge in [-0.15, -0.1) is 0 Å². The van der Waals surface area contributed by atoms with Gasteiger partial charge in [0.15, 0.2) is 10.7 Å². The molecule has 5 heteroatoms. The first-order valence-electron chi connectivity index (χ1n) is 4.19. The van der Waals surface area contributed by atoms with Crippen LogP contribution in [-0.2, 0) is 6.42 Å². The van der Waals surface area contributed by atoms with Crippen molar-refractivity contribution < 1.29 is 5.11 Å². The summed E-state index contributed by atoms with van der Waals surface area (Å²) < 4.78 is 0.155. The Morgan fingerprint density at radius 1 is 1.46 bits per heavy atom. The summed E-state index contributed by atoms with van der Waals surface area (Å²) in [6, 6.07) is 0. The molecule has 0 amide bonds. The van der Waals surface area contributed by atoms with Crippen LogP contribution in [0.2, 0.25) is 0 Å². The third-order valence-electron chi connectivity index (χ3n) is 1.80. The molecule has 0 radical (unpaired) electrons. The van der Waals surface area contributed by atoms with Crippen LogP contribution in [0.25, 0.3) is 0 Å². The molecule has 0 aliphatic heterocycles. The Kier molecular flexibility index (Phi) is 3.25. The molecule has 0 saturated carbocycles. The Morgan fingerprint density at radius 3 is 2.69 bits per heavy atom. The Bertz CT molecular complexity index is 394. The molecule has 72 valence electrons. The first kappa shape index (κ1) is 9.98. The van der Waals surface area contributed by atoms with E-state index >= 15 is 0 Å². The maximum Gasteiger partial charge on any atom is 0.258 e. The summed E-state index contributed by atoms with van der Waals surface area (Å²) in [6.07, 6.45) is 2.43. The molecule has 0 spiro atoms. The molecule has 13 heavy (non-hydrogen) atoms. The average Bonchev–Trinajstić information content (AvgIpc) is 2.02. The zero-order valence-corrected chi connectivity index (χ0v) is 8.20. The zero-order chi connectivity index (χ0) is 9.84. The summed E-state index contributed by atoms with van der Waals surface area (Å²) in [5.41, 5.74) is 0.0881. The van der Waals surface area contributed by atoms with Gasteiger partial charge in [-0.2, -0.15) is 0 Å². The maximum atomic E-state index is 11.3. The smallest absolute Gasteiger partial charge is 0.258 e. The number of hydrogen-bond acceptors (Lipinski definition) is 3. The van der Waals surface area contributed by atoms with Crippen LogP contribution in [0.15, 0.2) is 4.79 Å². The van der Waals surface area contributed by atoms with Crippen molar-refractivity contribution in [2.45, 2.75) is 26.2 Å². The van der Waals surface area contributed by atoms with Gasteiger partial charge in [-0.05, 0) is 25.1 Å². The van der Waals surface area contributed by atoms with E-state index in [0.717, 1.165) is 12.8 Å². The molecule has 0 bridgehead atoms. The summed E-state index contributed by atoms with van der Waals surface area (Å²) >= 11 is 4.69. The second-order valence-corrected chi connectivity index (χ2v) is 3.25. The fraction of sp³-hybridized carbons (Fsp3) is 0.500. The van der Waals surface area contributed by atoms with E-state index in [1.54, 1.807) is 0 Å². The van der Waals surface area contributed by atoms with Crippen molar-refractivity contribution in [2.75, 3.05) is 0 Å². The van der Waals surface area contributed by atoms with E-state index in [0.29, 0.717) is 12.0 Å². The van der Waals surface area contributed by atoms with Crippen LogP contribution < -0.4 is 5.56 Å². The molecule has 3 N–H and O–H groups in total. The van der Waals surface area contributed by atoms with Crippen LogP contribution >= 0.6 is 12.2 Å². The maximum absolute atomic E-state index is 11.3. The van der Waals surface area contributed by atoms with E-state index in [1.807, 2.05) is 6.92 Å². The highest BCUT2D eigenvalue weighted by molar-refractivity contribution is 7.71. The normalized spacial score (nSPS) is 10.2. The summed E-state index contributed by atoms with van der Waals surface area (Å²) in [5.74, 6) is -0.109. The minimum absolute atomic E-state index is 0.109. The summed E-state index contributed by atoms with van der Waals surface area (Å²) in [6.45, 7) is 2.02. The Labute approximate surface area is 80.6 Å². The standard InChI is InChI=1S/C8H12N2O2S/c1-2-3-4-5-6(11)9-8(13)10-7(5)12/h2-4H2,1H3,(H3,9,10,11,12,13). The van der Waals surface area contributed by atoms with Gasteiger partial charge in [-0.25, -0.2) is 0 Å². The molecule has 0 atom stereocenters. The molecule has 0 aromatic carbocycles. The first-order chi connectivity index (χ1) is 6.15. The minimum Gasteiger partial charge on any atom is -0.494 e. The van der Waals surface area contributed by atoms with E-state index in [9.17, 15) is 9.90 Å². The molecular formula is C8H12N2O2S. The fourth-order valence-corrected chi connectivity index (χ4v) is 1.28. The van der Waals surface area contributed by atoms with Crippen LogP contribution in [0.4, 0.5) is 0 Å². The topological polar surface area (TPSA) is 68.9 Å². The third kappa shape index (κ3) is 2.42. The molecule has 1 rings (SSSR count). The molecular weight excluding hydrogens is 188 g/mol. The number of aromatic hydroxyl groups is 1. The van der Waals surface area contributed by atoms with Gasteiger partial charge in [0.1, 0.15) is 0 Å². The van der Waals surface area contributed by atoms with E-state index in [-0.39, 0.29) is 16.2 Å². The lowest BCUT2D eigenvalue weighted by molar-refractivity contribution is 0.440. The number of hydrogen-bond donors (Lipinski definition) is 3. The van der Waals surface area contributed by atoms with Gasteiger partial charge in [0.2, 0.25) is 0 Å². The minimum atomic E-state index is -0.297. The van der Waals surface area contributed by atoms with Gasteiger partial charge >= 0.3 is 0 Å². The number of nitrogens with one attached hydrogen (secondary N) is 2. The van der Waals surface area contributed by atoms with Crippen molar-refractivity contribution in [3.63, 3.8) is 0 Å². The van der Waals surface area contributed by atoms with Gasteiger partial charge in [0.05, 0.1) is 5.56 Å². The van der Waals surface area contributed by atoms with Crippen molar-refractivity contribution in [3.05, 3.63) is 20.7 Å². The van der Waals surface area contributed by atoms with Crippen molar-refractivity contribution in [1.82, 2.24) is 9.97 Å². The number of aromatic nitrogens is 2. The Morgan fingerprint density at radius 2 is 2.15 bits per heavy atom. The summed E-state index contributed by atoms with van der Waals surface area (Å²) in [4.78, 5) is 16.2. The SMILES string of the molecule is CCCCc1c(O)[nH]c(=S)[nH]c1=O. The Balaban J connectivity index is 3.07. The van der Waals surface area contributed by atoms with Crippen molar-refractivity contribution in [2.24, 2.45) is 0 Å². The quantitative estimate of drug-likeness (QED) is 0.647. The van der Waals surface area contributed by atoms with Gasteiger partial charge in [0.25, 0.3) is 5.56 Å². The van der Waals surface area contributed by atoms with E-state index in [4.69, 9.17) is 0 Å². The largest absolute Gasteiger partial charge is 0.494 e. The number of aromatic amines is 2. The van der Waals surface area contributed by atoms with Crippen molar-refractivity contribution in [1.29, 1.82) is 0 Å². The fourth-order valence-electron chi connectivity index (χ4n) is 1.09. The van der Waals surface area contributed by atoms with Gasteiger partial charge in [0, 0.05) is 0 Å². The van der Waals surface area contributed by atoms with Crippen molar-refractivity contribution in [3.8, 4) is 5.88 Å². The molecule has 0 saturated heterocycles. The number of unbranched alkanes of at least 4 members (excludes halogenated alkanes) is 1. The molecule has 4 nitrogen and oxygen atoms in total. The molecule has 1 heterocycles. The van der Waals surface area contributed by atoms with Gasteiger partial charge < -0.3 is 10.1 Å². The van der Waals surface area contributed by atoms with Crippen LogP contribution in [0.5, 0.6) is 5.88 Å². The molecule has 0 aliphatic rings. The molecule has 0 aliphatic carbocycles. The van der Waals surface area contributed by atoms with E-state index in [2.05, 4.69) is 22.2 Å². The molecule has 1 aromatic rings. The van der Waals surface area contributed by atoms with Crippen LogP contribution in [0.1, 0.15) is 25.3 Å². The van der Waals surface area contributed by atoms with Gasteiger partial charge in [-0.3, -0.25) is 9.78 Å². The predicted molar refractivity (Wildman–Crippen MR) is 52.5 cm³/mol. The lowest BCUT2D eigenvalue weighted by Gasteiger charge is -2.00. The molecule has 1 aromatic heterocycles. The first-order valence-corrected chi connectivity index (χ1v) is 4.60. The van der Waals surface area contributed by atoms with E-state index in [1.165, 1.54) is 0 Å². The molecule has 0 fully saturated rings. The molecule has 0 unspecified atom stereocenters. The highest BCUT2D eigenvalue weighted by Crippen LogP contribution is 2.09. The summed E-state index contributed by atoms with van der Waals surface area (Å²) in [5, 5.41) is 9.36. The Hall–Kier alpha value is -1.10. The second kappa shape index (κ2) is 4.23. The van der Waals surface area contributed by atoms with Crippen LogP contribution in [0, 0.1) is 4.77 Å². The monoisotopic (exact) mass is 200 g/mol. The van der Waals surface area contributed by atoms with E-state index < -0.39 is 0 Å². The number of rotatable bonds is 3.